The summed E-state index contributed by atoms with van der Waals surface area (Å²) < 4.78 is 0. The molecule has 0 radical (unpaired) electrons. The van der Waals surface area contributed by atoms with Crippen molar-refractivity contribution >= 4 is 17.8 Å². The van der Waals surface area contributed by atoms with Gasteiger partial charge in [0.15, 0.2) is 0 Å². The molecular formula is C18H27N3O3. The minimum atomic E-state index is -0.153. The molecule has 3 rings (SSSR count). The number of carbonyl (C=O) groups excluding carboxylic acids is 3. The normalized spacial score (nSPS) is 30.2. The highest BCUT2D eigenvalue weighted by Gasteiger charge is 2.58. The number of nitrogens with zero attached hydrogens (tertiary/aromatic N) is 2. The number of allylic oxidation sites excluding steroid dienone is 2. The largest absolute Gasteiger partial charge is 0.336 e. The lowest BCUT2D eigenvalue weighted by Crippen LogP contribution is -2.45. The standard InChI is InChI=1S/C18H27N3O3/c1-3-8-20(9-4-2)18(24)19-7-10-21-16(22)14-12-5-6-13(11-12)15(14)17(21)23/h5-6,12-15H,3-4,7-11H2,1-2H3,(H,19,24)/t12-,13-,14-,15+/m0/s1. The molecule has 6 nitrogen and oxygen atoms in total. The second-order valence-electron chi connectivity index (χ2n) is 7.05. The van der Waals surface area contributed by atoms with E-state index in [1.165, 1.54) is 4.90 Å². The van der Waals surface area contributed by atoms with Crippen LogP contribution in [0.1, 0.15) is 33.1 Å². The van der Waals surface area contributed by atoms with Gasteiger partial charge >= 0.3 is 6.03 Å². The number of urea groups is 1. The van der Waals surface area contributed by atoms with Crippen LogP contribution in [0, 0.1) is 23.7 Å². The fraction of sp³-hybridized carbons (Fsp3) is 0.722. The zero-order chi connectivity index (χ0) is 17.3. The van der Waals surface area contributed by atoms with Gasteiger partial charge in [-0.15, -0.1) is 0 Å². The van der Waals surface area contributed by atoms with Gasteiger partial charge in [-0.2, -0.15) is 0 Å². The molecule has 2 bridgehead atoms. The monoisotopic (exact) mass is 333 g/mol. The molecule has 1 aliphatic heterocycles. The quantitative estimate of drug-likeness (QED) is 0.569. The van der Waals surface area contributed by atoms with Gasteiger partial charge in [-0.05, 0) is 31.1 Å². The van der Waals surface area contributed by atoms with Crippen LogP contribution >= 0.6 is 0 Å². The third-order valence-electron chi connectivity index (χ3n) is 5.45. The van der Waals surface area contributed by atoms with E-state index >= 15 is 0 Å². The summed E-state index contributed by atoms with van der Waals surface area (Å²) >= 11 is 0. The minimum Gasteiger partial charge on any atom is -0.336 e. The Hall–Kier alpha value is -1.85. The molecule has 1 N–H and O–H groups in total. The maximum Gasteiger partial charge on any atom is 0.317 e. The van der Waals surface area contributed by atoms with E-state index < -0.39 is 0 Å². The third kappa shape index (κ3) is 2.82. The smallest absolute Gasteiger partial charge is 0.317 e. The Bertz CT molecular complexity index is 524. The maximum atomic E-state index is 12.5. The summed E-state index contributed by atoms with van der Waals surface area (Å²) in [6.45, 7) is 6.13. The van der Waals surface area contributed by atoms with Gasteiger partial charge in [0.2, 0.25) is 11.8 Å². The van der Waals surface area contributed by atoms with Crippen molar-refractivity contribution < 1.29 is 14.4 Å². The van der Waals surface area contributed by atoms with Crippen molar-refractivity contribution in [3.05, 3.63) is 12.2 Å². The summed E-state index contributed by atoms with van der Waals surface area (Å²) in [6, 6.07) is -0.111. The number of hydrogen-bond acceptors (Lipinski definition) is 3. The molecule has 3 aliphatic rings. The average molecular weight is 333 g/mol. The van der Waals surface area contributed by atoms with E-state index in [1.54, 1.807) is 4.90 Å². The van der Waals surface area contributed by atoms with Crippen molar-refractivity contribution in [3.8, 4) is 0 Å². The number of likely N-dealkylation sites (tertiary alicyclic amines) is 1. The molecule has 1 heterocycles. The molecule has 1 saturated heterocycles. The van der Waals surface area contributed by atoms with Crippen LogP contribution in [-0.4, -0.2) is 53.8 Å². The number of amides is 4. The van der Waals surface area contributed by atoms with Crippen molar-refractivity contribution in [1.29, 1.82) is 0 Å². The maximum absolute atomic E-state index is 12.5. The molecule has 0 aromatic heterocycles. The number of fused-ring (bicyclic) bond motifs is 5. The molecule has 0 spiro atoms. The summed E-state index contributed by atoms with van der Waals surface area (Å²) in [5.74, 6) is 0.0752. The molecule has 1 saturated carbocycles. The van der Waals surface area contributed by atoms with Crippen molar-refractivity contribution in [2.24, 2.45) is 23.7 Å². The SMILES string of the molecule is CCCN(CCC)C(=O)NCCN1C(=O)[C@@H]2[C@H](C1=O)[C@H]1C=C[C@H]2C1. The number of rotatable bonds is 7. The van der Waals surface area contributed by atoms with Crippen LogP contribution in [-0.2, 0) is 9.59 Å². The second kappa shape index (κ2) is 6.95. The second-order valence-corrected chi connectivity index (χ2v) is 7.05. The van der Waals surface area contributed by atoms with Crippen LogP contribution in [0.2, 0.25) is 0 Å². The van der Waals surface area contributed by atoms with E-state index in [0.717, 1.165) is 32.4 Å². The van der Waals surface area contributed by atoms with E-state index in [4.69, 9.17) is 0 Å². The number of nitrogens with one attached hydrogen (secondary N) is 1. The first kappa shape index (κ1) is 17.0. The van der Waals surface area contributed by atoms with Gasteiger partial charge in [0.05, 0.1) is 11.8 Å². The zero-order valence-corrected chi connectivity index (χ0v) is 14.5. The Labute approximate surface area is 143 Å². The Morgan fingerprint density at radius 3 is 2.17 bits per heavy atom. The lowest BCUT2D eigenvalue weighted by molar-refractivity contribution is -0.140. The Morgan fingerprint density at radius 1 is 1.12 bits per heavy atom. The van der Waals surface area contributed by atoms with E-state index in [9.17, 15) is 14.4 Å². The van der Waals surface area contributed by atoms with Gasteiger partial charge in [-0.3, -0.25) is 14.5 Å². The van der Waals surface area contributed by atoms with Gasteiger partial charge in [0.1, 0.15) is 0 Å². The Morgan fingerprint density at radius 2 is 1.67 bits per heavy atom. The zero-order valence-electron chi connectivity index (χ0n) is 14.5. The summed E-state index contributed by atoms with van der Waals surface area (Å²) in [5.41, 5.74) is 0. The van der Waals surface area contributed by atoms with Crippen molar-refractivity contribution in [3.63, 3.8) is 0 Å². The van der Waals surface area contributed by atoms with Crippen molar-refractivity contribution in [1.82, 2.24) is 15.1 Å². The van der Waals surface area contributed by atoms with Crippen LogP contribution in [0.15, 0.2) is 12.2 Å². The topological polar surface area (TPSA) is 69.7 Å². The highest BCUT2D eigenvalue weighted by molar-refractivity contribution is 6.06. The Kier molecular flexibility index (Phi) is 4.92. The molecule has 132 valence electrons. The van der Waals surface area contributed by atoms with Crippen LogP contribution in [0.3, 0.4) is 0 Å². The van der Waals surface area contributed by atoms with Gasteiger partial charge in [-0.25, -0.2) is 4.79 Å². The highest BCUT2D eigenvalue weighted by Crippen LogP contribution is 2.52. The van der Waals surface area contributed by atoms with E-state index in [1.807, 2.05) is 13.8 Å². The van der Waals surface area contributed by atoms with Gasteiger partial charge in [-0.1, -0.05) is 26.0 Å². The average Bonchev–Trinajstić information content (AvgIpc) is 3.23. The minimum absolute atomic E-state index is 0.0462. The lowest BCUT2D eigenvalue weighted by atomic mass is 9.85. The molecule has 4 atom stereocenters. The highest BCUT2D eigenvalue weighted by atomic mass is 16.2. The molecule has 4 amide bonds. The molecule has 24 heavy (non-hydrogen) atoms. The lowest BCUT2D eigenvalue weighted by Gasteiger charge is -2.23. The molecule has 0 aromatic rings. The number of imide groups is 1. The summed E-state index contributed by atoms with van der Waals surface area (Å²) in [5, 5.41) is 2.85. The van der Waals surface area contributed by atoms with Gasteiger partial charge in [0, 0.05) is 26.2 Å². The fourth-order valence-electron chi connectivity index (χ4n) is 4.43. The van der Waals surface area contributed by atoms with E-state index in [0.29, 0.717) is 6.54 Å². The van der Waals surface area contributed by atoms with Gasteiger partial charge in [0.25, 0.3) is 0 Å². The first-order valence-electron chi connectivity index (χ1n) is 9.14. The van der Waals surface area contributed by atoms with Crippen LogP contribution in [0.25, 0.3) is 0 Å². The van der Waals surface area contributed by atoms with Crippen LogP contribution in [0.5, 0.6) is 0 Å². The van der Waals surface area contributed by atoms with Crippen molar-refractivity contribution in [2.75, 3.05) is 26.2 Å². The summed E-state index contributed by atoms with van der Waals surface area (Å²) in [6.07, 6.45) is 6.96. The third-order valence-corrected chi connectivity index (χ3v) is 5.45. The number of carbonyl (C=O) groups is 3. The predicted molar refractivity (Wildman–Crippen MR) is 90.0 cm³/mol. The predicted octanol–water partition coefficient (Wildman–Crippen LogP) is 1.63. The number of hydrogen-bond donors (Lipinski definition) is 1. The Balaban J connectivity index is 1.52. The summed E-state index contributed by atoms with van der Waals surface area (Å²) in [7, 11) is 0. The van der Waals surface area contributed by atoms with Crippen molar-refractivity contribution in [2.45, 2.75) is 33.1 Å². The summed E-state index contributed by atoms with van der Waals surface area (Å²) in [4.78, 5) is 40.4. The molecule has 0 aromatic carbocycles. The van der Waals surface area contributed by atoms with E-state index in [-0.39, 0.29) is 48.1 Å². The molecule has 2 fully saturated rings. The van der Waals surface area contributed by atoms with Crippen LogP contribution < -0.4 is 5.32 Å². The molecule has 0 unspecified atom stereocenters. The van der Waals surface area contributed by atoms with Crippen LogP contribution in [0.4, 0.5) is 4.79 Å². The van der Waals surface area contributed by atoms with E-state index in [2.05, 4.69) is 17.5 Å². The molecular weight excluding hydrogens is 306 g/mol. The van der Waals surface area contributed by atoms with Gasteiger partial charge < -0.3 is 10.2 Å². The molecule has 6 heteroatoms. The molecule has 2 aliphatic carbocycles. The first-order valence-corrected chi connectivity index (χ1v) is 9.14. The fourth-order valence-corrected chi connectivity index (χ4v) is 4.43. The first-order chi connectivity index (χ1) is 11.6.